The molecule has 0 saturated carbocycles. The lowest BCUT2D eigenvalue weighted by Gasteiger charge is -2.15. The summed E-state index contributed by atoms with van der Waals surface area (Å²) in [6, 6.07) is 1.91. The second-order valence-corrected chi connectivity index (χ2v) is 4.05. The highest BCUT2D eigenvalue weighted by atomic mass is 35.5. The maximum absolute atomic E-state index is 5.86. The number of nitrogens with one attached hydrogen (secondary N) is 1. The van der Waals surface area contributed by atoms with Gasteiger partial charge in [-0.05, 0) is 37.7 Å². The van der Waals surface area contributed by atoms with Crippen molar-refractivity contribution in [3.05, 3.63) is 23.1 Å². The maximum atomic E-state index is 5.86. The first-order valence-electron chi connectivity index (χ1n) is 5.35. The van der Waals surface area contributed by atoms with Crippen LogP contribution in [0.4, 0.5) is 0 Å². The van der Waals surface area contributed by atoms with Crippen molar-refractivity contribution in [3.8, 4) is 0 Å². The molecule has 1 N–H and O–H groups in total. The molecule has 3 nitrogen and oxygen atoms in total. The van der Waals surface area contributed by atoms with Gasteiger partial charge in [0.25, 0.3) is 0 Å². The Bertz CT molecular complexity index is 275. The molecule has 0 radical (unpaired) electrons. The van der Waals surface area contributed by atoms with Crippen molar-refractivity contribution in [2.45, 2.75) is 19.9 Å². The minimum atomic E-state index is 0.503. The van der Waals surface area contributed by atoms with Crippen LogP contribution in [0, 0.1) is 0 Å². The van der Waals surface area contributed by atoms with Crippen LogP contribution < -0.4 is 5.32 Å². The van der Waals surface area contributed by atoms with Gasteiger partial charge in [-0.1, -0.05) is 6.92 Å². The monoisotopic (exact) mass is 230 g/mol. The van der Waals surface area contributed by atoms with Crippen molar-refractivity contribution in [3.63, 3.8) is 0 Å². The van der Waals surface area contributed by atoms with Crippen LogP contribution in [0.5, 0.6) is 0 Å². The first-order chi connectivity index (χ1) is 7.24. The summed E-state index contributed by atoms with van der Waals surface area (Å²) in [6.07, 6.45) is 2.80. The standard InChI is InChI=1S/C11H19ClN2O/c1-3-5-13-6-7-14(2)9-10-4-8-15-11(10)12/h4,8,13H,3,5-7,9H2,1-2H3. The van der Waals surface area contributed by atoms with Crippen molar-refractivity contribution in [1.29, 1.82) is 0 Å². The normalized spacial score (nSPS) is 11.2. The molecule has 1 aromatic heterocycles. The Morgan fingerprint density at radius 1 is 1.47 bits per heavy atom. The molecule has 0 aromatic carbocycles. The third-order valence-corrected chi connectivity index (χ3v) is 2.56. The van der Waals surface area contributed by atoms with Gasteiger partial charge in [0, 0.05) is 25.2 Å². The van der Waals surface area contributed by atoms with Crippen LogP contribution >= 0.6 is 11.6 Å². The number of furan rings is 1. The number of hydrogen-bond donors (Lipinski definition) is 1. The molecule has 0 aliphatic heterocycles. The molecule has 0 spiro atoms. The molecule has 0 atom stereocenters. The predicted octanol–water partition coefficient (Wildman–Crippen LogP) is 2.36. The molecule has 1 aromatic rings. The molecule has 1 rings (SSSR count). The van der Waals surface area contributed by atoms with Crippen LogP contribution in [0.3, 0.4) is 0 Å². The van der Waals surface area contributed by atoms with Gasteiger partial charge in [-0.25, -0.2) is 0 Å². The molecular formula is C11H19ClN2O. The second kappa shape index (κ2) is 6.88. The molecule has 4 heteroatoms. The number of likely N-dealkylation sites (N-methyl/N-ethyl adjacent to an activating group) is 1. The third kappa shape index (κ3) is 4.69. The Balaban J connectivity index is 2.18. The van der Waals surface area contributed by atoms with E-state index in [4.69, 9.17) is 16.0 Å². The molecule has 0 fully saturated rings. The zero-order valence-electron chi connectivity index (χ0n) is 9.42. The van der Waals surface area contributed by atoms with Gasteiger partial charge >= 0.3 is 0 Å². The summed E-state index contributed by atoms with van der Waals surface area (Å²) >= 11 is 5.86. The smallest absolute Gasteiger partial charge is 0.197 e. The minimum absolute atomic E-state index is 0.503. The molecule has 86 valence electrons. The SMILES string of the molecule is CCCNCCN(C)Cc1ccoc1Cl. The van der Waals surface area contributed by atoms with E-state index in [2.05, 4.69) is 24.2 Å². The van der Waals surface area contributed by atoms with Gasteiger partial charge in [0.05, 0.1) is 6.26 Å². The van der Waals surface area contributed by atoms with Crippen LogP contribution in [0.25, 0.3) is 0 Å². The van der Waals surface area contributed by atoms with Crippen LogP contribution in [0.1, 0.15) is 18.9 Å². The van der Waals surface area contributed by atoms with Crippen LogP contribution in [0.15, 0.2) is 16.7 Å². The Morgan fingerprint density at radius 2 is 2.27 bits per heavy atom. The van der Waals surface area contributed by atoms with E-state index in [1.165, 1.54) is 6.42 Å². The summed E-state index contributed by atoms with van der Waals surface area (Å²) in [4.78, 5) is 2.22. The van der Waals surface area contributed by atoms with Gasteiger partial charge in [0.2, 0.25) is 0 Å². The van der Waals surface area contributed by atoms with Gasteiger partial charge in [0.1, 0.15) is 0 Å². The summed E-state index contributed by atoms with van der Waals surface area (Å²) in [7, 11) is 2.08. The lowest BCUT2D eigenvalue weighted by atomic mass is 10.3. The van der Waals surface area contributed by atoms with Crippen LogP contribution in [-0.2, 0) is 6.54 Å². The van der Waals surface area contributed by atoms with Gasteiger partial charge < -0.3 is 14.6 Å². The molecule has 0 aliphatic rings. The maximum Gasteiger partial charge on any atom is 0.197 e. The molecular weight excluding hydrogens is 212 g/mol. The van der Waals surface area contributed by atoms with E-state index in [-0.39, 0.29) is 0 Å². The van der Waals surface area contributed by atoms with Crippen LogP contribution in [-0.4, -0.2) is 31.6 Å². The average molecular weight is 231 g/mol. The van der Waals surface area contributed by atoms with Gasteiger partial charge in [-0.2, -0.15) is 0 Å². The summed E-state index contributed by atoms with van der Waals surface area (Å²) in [5.41, 5.74) is 1.05. The Hall–Kier alpha value is -0.510. The zero-order chi connectivity index (χ0) is 11.1. The van der Waals surface area contributed by atoms with Gasteiger partial charge in [-0.15, -0.1) is 0 Å². The molecule has 0 amide bonds. The van der Waals surface area contributed by atoms with E-state index >= 15 is 0 Å². The number of halogens is 1. The largest absolute Gasteiger partial charge is 0.453 e. The lowest BCUT2D eigenvalue weighted by Crippen LogP contribution is -2.29. The first-order valence-corrected chi connectivity index (χ1v) is 5.73. The van der Waals surface area contributed by atoms with E-state index in [0.29, 0.717) is 5.22 Å². The fraction of sp³-hybridized carbons (Fsp3) is 0.636. The Kier molecular flexibility index (Phi) is 5.76. The van der Waals surface area contributed by atoms with Crippen molar-refractivity contribution in [2.24, 2.45) is 0 Å². The van der Waals surface area contributed by atoms with E-state index in [0.717, 1.165) is 31.7 Å². The van der Waals surface area contributed by atoms with Gasteiger partial charge in [0.15, 0.2) is 5.22 Å². The van der Waals surface area contributed by atoms with E-state index in [1.54, 1.807) is 6.26 Å². The number of rotatable bonds is 7. The quantitative estimate of drug-likeness (QED) is 0.729. The number of nitrogens with zero attached hydrogens (tertiary/aromatic N) is 1. The molecule has 0 saturated heterocycles. The van der Waals surface area contributed by atoms with Crippen LogP contribution in [0.2, 0.25) is 5.22 Å². The first kappa shape index (κ1) is 12.6. The van der Waals surface area contributed by atoms with Crippen molar-refractivity contribution < 1.29 is 4.42 Å². The lowest BCUT2D eigenvalue weighted by molar-refractivity contribution is 0.323. The molecule has 1 heterocycles. The second-order valence-electron chi connectivity index (χ2n) is 3.71. The molecule has 15 heavy (non-hydrogen) atoms. The summed E-state index contributed by atoms with van der Waals surface area (Å²) < 4.78 is 5.03. The molecule has 0 bridgehead atoms. The van der Waals surface area contributed by atoms with Crippen molar-refractivity contribution >= 4 is 11.6 Å². The Labute approximate surface area is 96.4 Å². The molecule has 0 aliphatic carbocycles. The molecule has 0 unspecified atom stereocenters. The third-order valence-electron chi connectivity index (χ3n) is 2.23. The highest BCUT2D eigenvalue weighted by Crippen LogP contribution is 2.17. The topological polar surface area (TPSA) is 28.4 Å². The summed E-state index contributed by atoms with van der Waals surface area (Å²) in [5.74, 6) is 0. The van der Waals surface area contributed by atoms with Crippen molar-refractivity contribution in [1.82, 2.24) is 10.2 Å². The minimum Gasteiger partial charge on any atom is -0.453 e. The zero-order valence-corrected chi connectivity index (χ0v) is 10.2. The van der Waals surface area contributed by atoms with Crippen molar-refractivity contribution in [2.75, 3.05) is 26.7 Å². The summed E-state index contributed by atoms with van der Waals surface area (Å²) in [6.45, 7) is 6.12. The Morgan fingerprint density at radius 3 is 2.87 bits per heavy atom. The van der Waals surface area contributed by atoms with Gasteiger partial charge in [-0.3, -0.25) is 0 Å². The number of hydrogen-bond acceptors (Lipinski definition) is 3. The van der Waals surface area contributed by atoms with E-state index in [9.17, 15) is 0 Å². The summed E-state index contributed by atoms with van der Waals surface area (Å²) in [5, 5.41) is 3.87. The van der Waals surface area contributed by atoms with E-state index in [1.807, 2.05) is 6.07 Å². The fourth-order valence-electron chi connectivity index (χ4n) is 1.37. The fourth-order valence-corrected chi connectivity index (χ4v) is 1.55. The predicted molar refractivity (Wildman–Crippen MR) is 63.2 cm³/mol. The highest BCUT2D eigenvalue weighted by molar-refractivity contribution is 6.29. The average Bonchev–Trinajstić information content (AvgIpc) is 2.59. The van der Waals surface area contributed by atoms with E-state index < -0.39 is 0 Å². The highest BCUT2D eigenvalue weighted by Gasteiger charge is 2.06.